The molecular formula is C27H29F2N7O2. The molecule has 1 aliphatic heterocycles. The lowest BCUT2D eigenvalue weighted by Gasteiger charge is -2.40. The van der Waals surface area contributed by atoms with E-state index in [-0.39, 0.29) is 17.8 Å². The smallest absolute Gasteiger partial charge is 0.410 e. The summed E-state index contributed by atoms with van der Waals surface area (Å²) in [6.45, 7) is 10.8. The molecule has 38 heavy (non-hydrogen) atoms. The van der Waals surface area contributed by atoms with Crippen LogP contribution in [-0.4, -0.2) is 66.8 Å². The van der Waals surface area contributed by atoms with Gasteiger partial charge < -0.3 is 19.1 Å². The van der Waals surface area contributed by atoms with Crippen molar-refractivity contribution >= 4 is 22.9 Å². The first-order chi connectivity index (χ1) is 18.0. The molecule has 1 aromatic carbocycles. The van der Waals surface area contributed by atoms with Gasteiger partial charge in [0.25, 0.3) is 0 Å². The molecule has 1 fully saturated rings. The SMILES string of the molecule is Cc1nccnc1-c1cn(-c2cc(F)cc(F)c2)c2ncnc(N3CCN(C(=O)OC(C)(C)C)[C@H](C)C3)c12. The van der Waals surface area contributed by atoms with Crippen LogP contribution in [0.3, 0.4) is 0 Å². The standard InChI is InChI=1S/C27H29F2N7O2/c1-16-13-34(8-9-35(16)26(37)38-27(3,4)5)24-22-21(23-17(2)30-6-7-31-23)14-36(25(22)33-15-32-24)20-11-18(28)10-19(29)12-20/h6-7,10-12,14-16H,8-9,13H2,1-5H3/t16-/m1/s1. The fraction of sp³-hybridized carbons (Fsp3) is 0.370. The molecule has 1 atom stereocenters. The van der Waals surface area contributed by atoms with Crippen LogP contribution < -0.4 is 4.90 Å². The molecule has 1 saturated heterocycles. The van der Waals surface area contributed by atoms with Crippen LogP contribution in [0, 0.1) is 18.6 Å². The van der Waals surface area contributed by atoms with Crippen molar-refractivity contribution in [2.24, 2.45) is 0 Å². The summed E-state index contributed by atoms with van der Waals surface area (Å²) in [5.41, 5.74) is 2.16. The van der Waals surface area contributed by atoms with Crippen molar-refractivity contribution in [3.63, 3.8) is 0 Å². The van der Waals surface area contributed by atoms with Gasteiger partial charge in [0, 0.05) is 55.9 Å². The van der Waals surface area contributed by atoms with E-state index in [1.54, 1.807) is 28.1 Å². The number of aryl methyl sites for hydroxylation is 1. The number of ether oxygens (including phenoxy) is 1. The van der Waals surface area contributed by atoms with Gasteiger partial charge in [-0.3, -0.25) is 9.97 Å². The Morgan fingerprint density at radius 3 is 2.39 bits per heavy atom. The van der Waals surface area contributed by atoms with Gasteiger partial charge in [-0.05, 0) is 46.8 Å². The van der Waals surface area contributed by atoms with Crippen LogP contribution in [-0.2, 0) is 4.74 Å². The first-order valence-corrected chi connectivity index (χ1v) is 12.4. The zero-order chi connectivity index (χ0) is 27.2. The number of aromatic nitrogens is 5. The molecular weight excluding hydrogens is 492 g/mol. The van der Waals surface area contributed by atoms with Gasteiger partial charge in [0.2, 0.25) is 0 Å². The highest BCUT2D eigenvalue weighted by molar-refractivity contribution is 6.02. The fourth-order valence-corrected chi connectivity index (χ4v) is 4.75. The minimum absolute atomic E-state index is 0.148. The van der Waals surface area contributed by atoms with Gasteiger partial charge in [-0.25, -0.2) is 23.5 Å². The topological polar surface area (TPSA) is 89.3 Å². The molecule has 198 valence electrons. The average Bonchev–Trinajstić information content (AvgIpc) is 3.22. The first kappa shape index (κ1) is 25.5. The Hall–Kier alpha value is -4.15. The summed E-state index contributed by atoms with van der Waals surface area (Å²) in [4.78, 5) is 34.6. The van der Waals surface area contributed by atoms with E-state index in [4.69, 9.17) is 4.74 Å². The highest BCUT2D eigenvalue weighted by Crippen LogP contribution is 2.37. The minimum atomic E-state index is -0.694. The molecule has 1 aliphatic rings. The van der Waals surface area contributed by atoms with E-state index < -0.39 is 17.2 Å². The highest BCUT2D eigenvalue weighted by atomic mass is 19.1. The number of rotatable bonds is 3. The summed E-state index contributed by atoms with van der Waals surface area (Å²) in [5, 5.41) is 0.679. The second kappa shape index (κ2) is 9.62. The fourth-order valence-electron chi connectivity index (χ4n) is 4.75. The maximum atomic E-state index is 14.2. The van der Waals surface area contributed by atoms with Crippen LogP contribution in [0.5, 0.6) is 0 Å². The van der Waals surface area contributed by atoms with Crippen LogP contribution >= 0.6 is 0 Å². The number of piperazine rings is 1. The Kier molecular flexibility index (Phi) is 6.46. The van der Waals surface area contributed by atoms with Crippen LogP contribution in [0.15, 0.2) is 43.1 Å². The molecule has 0 aliphatic carbocycles. The van der Waals surface area contributed by atoms with Crippen LogP contribution in [0.2, 0.25) is 0 Å². The van der Waals surface area contributed by atoms with E-state index in [9.17, 15) is 13.6 Å². The zero-order valence-electron chi connectivity index (χ0n) is 21.9. The average molecular weight is 522 g/mol. The molecule has 0 spiro atoms. The largest absolute Gasteiger partial charge is 0.444 e. The molecule has 0 N–H and O–H groups in total. The second-order valence-corrected chi connectivity index (χ2v) is 10.4. The molecule has 3 aromatic heterocycles. The minimum Gasteiger partial charge on any atom is -0.444 e. The van der Waals surface area contributed by atoms with Crippen molar-refractivity contribution in [1.29, 1.82) is 0 Å². The monoisotopic (exact) mass is 521 g/mol. The number of nitrogens with zero attached hydrogens (tertiary/aromatic N) is 7. The maximum absolute atomic E-state index is 14.2. The normalized spacial score (nSPS) is 16.2. The van der Waals surface area contributed by atoms with Crippen molar-refractivity contribution in [2.75, 3.05) is 24.5 Å². The van der Waals surface area contributed by atoms with E-state index in [0.717, 1.165) is 6.07 Å². The summed E-state index contributed by atoms with van der Waals surface area (Å²) in [7, 11) is 0. The number of carbonyl (C=O) groups is 1. The molecule has 4 heterocycles. The predicted molar refractivity (Wildman–Crippen MR) is 139 cm³/mol. The molecule has 0 unspecified atom stereocenters. The number of hydrogen-bond donors (Lipinski definition) is 0. The van der Waals surface area contributed by atoms with E-state index in [1.165, 1.54) is 18.5 Å². The Balaban J connectivity index is 1.61. The lowest BCUT2D eigenvalue weighted by Crippen LogP contribution is -2.55. The molecule has 0 radical (unpaired) electrons. The third-order valence-electron chi connectivity index (χ3n) is 6.38. The molecule has 11 heteroatoms. The number of carbonyl (C=O) groups excluding carboxylic acids is 1. The second-order valence-electron chi connectivity index (χ2n) is 10.4. The quantitative estimate of drug-likeness (QED) is 0.378. The molecule has 9 nitrogen and oxygen atoms in total. The summed E-state index contributed by atoms with van der Waals surface area (Å²) in [6.07, 6.45) is 6.04. The molecule has 0 saturated carbocycles. The molecule has 5 rings (SSSR count). The Bertz CT molecular complexity index is 1500. The van der Waals surface area contributed by atoms with Gasteiger partial charge in [-0.2, -0.15) is 0 Å². The van der Waals surface area contributed by atoms with Crippen LogP contribution in [0.25, 0.3) is 28.0 Å². The van der Waals surface area contributed by atoms with E-state index in [2.05, 4.69) is 24.8 Å². The van der Waals surface area contributed by atoms with Gasteiger partial charge in [0.05, 0.1) is 22.5 Å². The van der Waals surface area contributed by atoms with Gasteiger partial charge >= 0.3 is 6.09 Å². The van der Waals surface area contributed by atoms with Crippen molar-refractivity contribution in [3.05, 3.63) is 60.4 Å². The Morgan fingerprint density at radius 1 is 1.03 bits per heavy atom. The van der Waals surface area contributed by atoms with Gasteiger partial charge in [0.1, 0.15) is 29.4 Å². The van der Waals surface area contributed by atoms with Crippen LogP contribution in [0.4, 0.5) is 19.4 Å². The lowest BCUT2D eigenvalue weighted by molar-refractivity contribution is 0.0158. The summed E-state index contributed by atoms with van der Waals surface area (Å²) >= 11 is 0. The first-order valence-electron chi connectivity index (χ1n) is 12.4. The number of halogens is 2. The molecule has 1 amide bonds. The number of fused-ring (bicyclic) bond motifs is 1. The third kappa shape index (κ3) is 4.88. The van der Waals surface area contributed by atoms with Crippen LogP contribution in [0.1, 0.15) is 33.4 Å². The number of amides is 1. The van der Waals surface area contributed by atoms with Crippen molar-refractivity contribution in [1.82, 2.24) is 29.4 Å². The van der Waals surface area contributed by atoms with E-state index in [0.29, 0.717) is 53.4 Å². The Morgan fingerprint density at radius 2 is 1.74 bits per heavy atom. The summed E-state index contributed by atoms with van der Waals surface area (Å²) in [6, 6.07) is 3.18. The Labute approximate surface area is 219 Å². The van der Waals surface area contributed by atoms with E-state index in [1.807, 2.05) is 34.6 Å². The van der Waals surface area contributed by atoms with Crippen molar-refractivity contribution in [3.8, 4) is 16.9 Å². The number of benzene rings is 1. The van der Waals surface area contributed by atoms with E-state index >= 15 is 0 Å². The highest BCUT2D eigenvalue weighted by Gasteiger charge is 2.33. The summed E-state index contributed by atoms with van der Waals surface area (Å²) < 4.78 is 35.6. The predicted octanol–water partition coefficient (Wildman–Crippen LogP) is 4.91. The summed E-state index contributed by atoms with van der Waals surface area (Å²) in [5.74, 6) is -0.748. The number of anilines is 1. The van der Waals surface area contributed by atoms with Gasteiger partial charge in [0.15, 0.2) is 5.65 Å². The zero-order valence-corrected chi connectivity index (χ0v) is 21.9. The van der Waals surface area contributed by atoms with Gasteiger partial charge in [-0.1, -0.05) is 0 Å². The molecule has 0 bridgehead atoms. The van der Waals surface area contributed by atoms with Crippen molar-refractivity contribution < 1.29 is 18.3 Å². The third-order valence-corrected chi connectivity index (χ3v) is 6.38. The maximum Gasteiger partial charge on any atom is 0.410 e. The number of hydrogen-bond acceptors (Lipinski definition) is 7. The van der Waals surface area contributed by atoms with Crippen molar-refractivity contribution in [2.45, 2.75) is 46.3 Å². The lowest BCUT2D eigenvalue weighted by atomic mass is 10.1. The van der Waals surface area contributed by atoms with Gasteiger partial charge in [-0.15, -0.1) is 0 Å². The molecule has 4 aromatic rings.